The Balaban J connectivity index is 2.10. The lowest BCUT2D eigenvalue weighted by Gasteiger charge is -2.19. The zero-order valence-corrected chi connectivity index (χ0v) is 14.6. The van der Waals surface area contributed by atoms with Crippen LogP contribution in [0.3, 0.4) is 0 Å². The molecular formula is C17H21N3O4S. The van der Waals surface area contributed by atoms with Crippen molar-refractivity contribution in [1.29, 1.82) is 0 Å². The number of aliphatic carboxylic acids is 1. The van der Waals surface area contributed by atoms with Crippen molar-refractivity contribution in [3.63, 3.8) is 0 Å². The van der Waals surface area contributed by atoms with Crippen LogP contribution in [-0.2, 0) is 20.8 Å². The van der Waals surface area contributed by atoms with Crippen LogP contribution in [0.25, 0.3) is 10.9 Å². The molecule has 134 valence electrons. The van der Waals surface area contributed by atoms with E-state index in [1.54, 1.807) is 18.0 Å². The normalized spacial score (nSPS) is 13.2. The van der Waals surface area contributed by atoms with Gasteiger partial charge in [-0.2, -0.15) is 11.8 Å². The van der Waals surface area contributed by atoms with Gasteiger partial charge in [0.1, 0.15) is 12.1 Å². The zero-order valence-electron chi connectivity index (χ0n) is 13.8. The fourth-order valence-corrected chi connectivity index (χ4v) is 3.07. The fraction of sp³-hybridized carbons (Fsp3) is 0.353. The molecule has 0 saturated heterocycles. The van der Waals surface area contributed by atoms with E-state index in [-0.39, 0.29) is 6.42 Å². The zero-order chi connectivity index (χ0) is 18.2. The van der Waals surface area contributed by atoms with Gasteiger partial charge in [-0.1, -0.05) is 18.2 Å². The summed E-state index contributed by atoms with van der Waals surface area (Å²) in [4.78, 5) is 37.7. The number of carbonyl (C=O) groups is 3. The predicted molar refractivity (Wildman–Crippen MR) is 97.6 cm³/mol. The summed E-state index contributed by atoms with van der Waals surface area (Å²) in [6.07, 6.45) is 4.70. The monoisotopic (exact) mass is 363 g/mol. The molecule has 0 spiro atoms. The number of carbonyl (C=O) groups excluding carboxylic acids is 2. The summed E-state index contributed by atoms with van der Waals surface area (Å²) in [5.74, 6) is -0.930. The Morgan fingerprint density at radius 2 is 2.08 bits per heavy atom. The van der Waals surface area contributed by atoms with Gasteiger partial charge in [0.05, 0.1) is 0 Å². The molecule has 0 aliphatic rings. The first-order valence-electron chi connectivity index (χ1n) is 7.83. The molecule has 0 aliphatic carbocycles. The standard InChI is InChI=1S/C17H21N3O4S/c1-25-7-6-14(19-10-21)16(22)20-15(17(23)24)8-11-9-18-13-5-3-2-4-12(11)13/h2-5,9-10,14-15,18H,6-8H2,1H3,(H,19,21)(H,20,22)(H,23,24)/t14-,15-/m0/s1. The fourth-order valence-electron chi connectivity index (χ4n) is 2.60. The van der Waals surface area contributed by atoms with Crippen LogP contribution in [0.2, 0.25) is 0 Å². The van der Waals surface area contributed by atoms with Crippen LogP contribution in [0, 0.1) is 0 Å². The number of benzene rings is 1. The molecule has 1 aromatic heterocycles. The highest BCUT2D eigenvalue weighted by Crippen LogP contribution is 2.19. The third kappa shape index (κ3) is 4.99. The van der Waals surface area contributed by atoms with Gasteiger partial charge in [0, 0.05) is 23.5 Å². The highest BCUT2D eigenvalue weighted by molar-refractivity contribution is 7.98. The lowest BCUT2D eigenvalue weighted by Crippen LogP contribution is -2.50. The Morgan fingerprint density at radius 3 is 2.76 bits per heavy atom. The van der Waals surface area contributed by atoms with Gasteiger partial charge in [-0.25, -0.2) is 4.79 Å². The molecule has 0 aliphatic heterocycles. The Labute approximate surface area is 149 Å². The highest BCUT2D eigenvalue weighted by atomic mass is 32.2. The second-order valence-electron chi connectivity index (χ2n) is 5.58. The number of carboxylic acid groups (broad SMARTS) is 1. The van der Waals surface area contributed by atoms with Gasteiger partial charge in [-0.15, -0.1) is 0 Å². The minimum absolute atomic E-state index is 0.154. The maximum atomic E-state index is 12.3. The van der Waals surface area contributed by atoms with Crippen LogP contribution in [0.15, 0.2) is 30.5 Å². The molecule has 7 nitrogen and oxygen atoms in total. The Hall–Kier alpha value is -2.48. The van der Waals surface area contributed by atoms with Crippen molar-refractivity contribution in [3.05, 3.63) is 36.0 Å². The van der Waals surface area contributed by atoms with Crippen molar-refractivity contribution in [1.82, 2.24) is 15.6 Å². The molecular weight excluding hydrogens is 342 g/mol. The second-order valence-corrected chi connectivity index (χ2v) is 6.57. The Morgan fingerprint density at radius 1 is 1.32 bits per heavy atom. The third-order valence-electron chi connectivity index (χ3n) is 3.91. The molecule has 2 aromatic rings. The summed E-state index contributed by atoms with van der Waals surface area (Å²) in [5.41, 5.74) is 1.72. The Bertz CT molecular complexity index is 746. The molecule has 8 heteroatoms. The second kappa shape index (κ2) is 9.12. The van der Waals surface area contributed by atoms with E-state index in [9.17, 15) is 19.5 Å². The maximum Gasteiger partial charge on any atom is 0.326 e. The summed E-state index contributed by atoms with van der Waals surface area (Å²) in [6, 6.07) is 5.75. The quantitative estimate of drug-likeness (QED) is 0.473. The number of aromatic nitrogens is 1. The number of hydrogen-bond acceptors (Lipinski definition) is 4. The summed E-state index contributed by atoms with van der Waals surface area (Å²) in [7, 11) is 0. The maximum absolute atomic E-state index is 12.3. The number of carboxylic acids is 1. The van der Waals surface area contributed by atoms with Crippen molar-refractivity contribution in [2.75, 3.05) is 12.0 Å². The first-order valence-corrected chi connectivity index (χ1v) is 9.23. The molecule has 0 radical (unpaired) electrons. The molecule has 0 saturated carbocycles. The van der Waals surface area contributed by atoms with Gasteiger partial charge in [-0.3, -0.25) is 9.59 Å². The van der Waals surface area contributed by atoms with Crippen molar-refractivity contribution in [2.24, 2.45) is 0 Å². The lowest BCUT2D eigenvalue weighted by atomic mass is 10.0. The molecule has 2 rings (SSSR count). The SMILES string of the molecule is CSCC[C@H](NC=O)C(=O)N[C@@H](Cc1c[nH]c2ccccc12)C(=O)O. The van der Waals surface area contributed by atoms with E-state index in [1.165, 1.54) is 0 Å². The summed E-state index contributed by atoms with van der Waals surface area (Å²) < 4.78 is 0. The number of rotatable bonds is 10. The van der Waals surface area contributed by atoms with E-state index >= 15 is 0 Å². The van der Waals surface area contributed by atoms with Gasteiger partial charge >= 0.3 is 5.97 Å². The minimum Gasteiger partial charge on any atom is -0.480 e. The van der Waals surface area contributed by atoms with Gasteiger partial charge in [0.25, 0.3) is 0 Å². The van der Waals surface area contributed by atoms with Crippen LogP contribution in [0.4, 0.5) is 0 Å². The predicted octanol–water partition coefficient (Wildman–Crippen LogP) is 1.15. The topological polar surface area (TPSA) is 111 Å². The number of fused-ring (bicyclic) bond motifs is 1. The van der Waals surface area contributed by atoms with Gasteiger partial charge < -0.3 is 20.7 Å². The van der Waals surface area contributed by atoms with E-state index in [0.717, 1.165) is 16.5 Å². The van der Waals surface area contributed by atoms with E-state index < -0.39 is 24.0 Å². The first-order chi connectivity index (χ1) is 12.1. The number of thioether (sulfide) groups is 1. The van der Waals surface area contributed by atoms with E-state index in [1.807, 2.05) is 30.5 Å². The van der Waals surface area contributed by atoms with Gasteiger partial charge in [-0.05, 0) is 30.1 Å². The number of nitrogens with one attached hydrogen (secondary N) is 3. The first kappa shape index (κ1) is 18.9. The lowest BCUT2D eigenvalue weighted by molar-refractivity contribution is -0.142. The number of H-pyrrole nitrogens is 1. The van der Waals surface area contributed by atoms with Crippen molar-refractivity contribution in [2.45, 2.75) is 24.9 Å². The minimum atomic E-state index is -1.12. The third-order valence-corrected chi connectivity index (χ3v) is 4.55. The molecule has 0 unspecified atom stereocenters. The molecule has 25 heavy (non-hydrogen) atoms. The molecule has 0 bridgehead atoms. The number of para-hydroxylation sites is 1. The largest absolute Gasteiger partial charge is 0.480 e. The van der Waals surface area contributed by atoms with Crippen LogP contribution in [0.5, 0.6) is 0 Å². The summed E-state index contributed by atoms with van der Waals surface area (Å²) >= 11 is 1.55. The smallest absolute Gasteiger partial charge is 0.326 e. The van der Waals surface area contributed by atoms with E-state index in [4.69, 9.17) is 0 Å². The van der Waals surface area contributed by atoms with Gasteiger partial charge in [0.15, 0.2) is 0 Å². The van der Waals surface area contributed by atoms with Crippen LogP contribution in [-0.4, -0.2) is 52.5 Å². The summed E-state index contributed by atoms with van der Waals surface area (Å²) in [6.45, 7) is 0. The average molecular weight is 363 g/mol. The van der Waals surface area contributed by atoms with Crippen LogP contribution >= 0.6 is 11.8 Å². The molecule has 1 aromatic carbocycles. The number of aromatic amines is 1. The molecule has 0 fully saturated rings. The molecule has 2 amide bonds. The summed E-state index contributed by atoms with van der Waals surface area (Å²) in [5, 5.41) is 15.4. The van der Waals surface area contributed by atoms with Crippen LogP contribution in [0.1, 0.15) is 12.0 Å². The van der Waals surface area contributed by atoms with Gasteiger partial charge in [0.2, 0.25) is 12.3 Å². The number of amides is 2. The van der Waals surface area contributed by atoms with Crippen molar-refractivity contribution in [3.8, 4) is 0 Å². The molecule has 1 heterocycles. The molecule has 2 atom stereocenters. The Kier molecular flexibility index (Phi) is 6.88. The van der Waals surface area contributed by atoms with E-state index in [2.05, 4.69) is 15.6 Å². The highest BCUT2D eigenvalue weighted by Gasteiger charge is 2.25. The van der Waals surface area contributed by atoms with Crippen LogP contribution < -0.4 is 10.6 Å². The average Bonchev–Trinajstić information content (AvgIpc) is 3.01. The van der Waals surface area contributed by atoms with Crippen molar-refractivity contribution < 1.29 is 19.5 Å². The molecule has 4 N–H and O–H groups in total. The van der Waals surface area contributed by atoms with Crippen molar-refractivity contribution >= 4 is 41.0 Å². The van der Waals surface area contributed by atoms with E-state index in [0.29, 0.717) is 18.6 Å². The number of hydrogen-bond donors (Lipinski definition) is 4.